The molecular weight excluding hydrogens is 312 g/mol. The van der Waals surface area contributed by atoms with Crippen molar-refractivity contribution in [2.45, 2.75) is 25.3 Å². The molecule has 2 aromatic rings. The van der Waals surface area contributed by atoms with E-state index in [2.05, 4.69) is 10.3 Å². The number of hydrogen-bond donors (Lipinski definition) is 1. The van der Waals surface area contributed by atoms with Crippen LogP contribution in [0.4, 0.5) is 5.69 Å². The SMILES string of the molecule is COCCn1c(C2CCNCC2)nc2ccc([N+](=O)[O-])cc2c1=O. The van der Waals surface area contributed by atoms with Crippen LogP contribution in [0.3, 0.4) is 0 Å². The predicted octanol–water partition coefficient (Wildman–Crippen LogP) is 1.42. The Morgan fingerprint density at radius 3 is 2.83 bits per heavy atom. The van der Waals surface area contributed by atoms with Gasteiger partial charge in [0.2, 0.25) is 0 Å². The third-order valence-corrected chi connectivity index (χ3v) is 4.40. The minimum absolute atomic E-state index is 0.102. The molecule has 0 radical (unpaired) electrons. The second-order valence-corrected chi connectivity index (χ2v) is 5.90. The van der Waals surface area contributed by atoms with Gasteiger partial charge in [0.25, 0.3) is 11.2 Å². The first-order chi connectivity index (χ1) is 11.6. The molecule has 0 aliphatic carbocycles. The molecule has 0 atom stereocenters. The fourth-order valence-electron chi connectivity index (χ4n) is 3.13. The van der Waals surface area contributed by atoms with E-state index < -0.39 is 4.92 Å². The van der Waals surface area contributed by atoms with Crippen molar-refractivity contribution in [1.29, 1.82) is 0 Å². The number of hydrogen-bond acceptors (Lipinski definition) is 6. The molecule has 1 saturated heterocycles. The van der Waals surface area contributed by atoms with Crippen LogP contribution in [0.5, 0.6) is 0 Å². The van der Waals surface area contributed by atoms with Gasteiger partial charge in [0.05, 0.1) is 29.0 Å². The Labute approximate surface area is 138 Å². The topological polar surface area (TPSA) is 99.3 Å². The fraction of sp³-hybridized carbons (Fsp3) is 0.500. The molecule has 1 aliphatic heterocycles. The van der Waals surface area contributed by atoms with E-state index in [9.17, 15) is 14.9 Å². The van der Waals surface area contributed by atoms with E-state index in [1.54, 1.807) is 17.7 Å². The molecule has 1 fully saturated rings. The lowest BCUT2D eigenvalue weighted by Gasteiger charge is -2.25. The predicted molar refractivity (Wildman–Crippen MR) is 89.4 cm³/mol. The number of nitrogens with one attached hydrogen (secondary N) is 1. The van der Waals surface area contributed by atoms with Crippen LogP contribution in [-0.4, -0.2) is 41.3 Å². The number of piperidine rings is 1. The molecule has 2 heterocycles. The normalized spacial score (nSPS) is 15.7. The largest absolute Gasteiger partial charge is 0.383 e. The van der Waals surface area contributed by atoms with Crippen molar-refractivity contribution in [3.05, 3.63) is 44.5 Å². The van der Waals surface area contributed by atoms with E-state index in [-0.39, 0.29) is 22.6 Å². The molecular formula is C16H20N4O4. The van der Waals surface area contributed by atoms with Gasteiger partial charge < -0.3 is 10.1 Å². The summed E-state index contributed by atoms with van der Waals surface area (Å²) in [4.78, 5) is 28.0. The van der Waals surface area contributed by atoms with Gasteiger partial charge in [0, 0.05) is 25.2 Å². The van der Waals surface area contributed by atoms with Crippen molar-refractivity contribution in [3.8, 4) is 0 Å². The van der Waals surface area contributed by atoms with E-state index >= 15 is 0 Å². The van der Waals surface area contributed by atoms with Gasteiger partial charge in [-0.3, -0.25) is 19.5 Å². The number of ether oxygens (including phenoxy) is 1. The van der Waals surface area contributed by atoms with Crippen LogP contribution < -0.4 is 10.9 Å². The fourth-order valence-corrected chi connectivity index (χ4v) is 3.13. The summed E-state index contributed by atoms with van der Waals surface area (Å²) >= 11 is 0. The molecule has 1 aromatic carbocycles. The van der Waals surface area contributed by atoms with Gasteiger partial charge in [-0.2, -0.15) is 0 Å². The van der Waals surface area contributed by atoms with Crippen molar-refractivity contribution < 1.29 is 9.66 Å². The van der Waals surface area contributed by atoms with Crippen molar-refractivity contribution in [1.82, 2.24) is 14.9 Å². The van der Waals surface area contributed by atoms with Crippen LogP contribution in [0.25, 0.3) is 10.9 Å². The summed E-state index contributed by atoms with van der Waals surface area (Å²) in [6, 6.07) is 4.25. The van der Waals surface area contributed by atoms with Gasteiger partial charge in [0.15, 0.2) is 0 Å². The van der Waals surface area contributed by atoms with Crippen molar-refractivity contribution >= 4 is 16.6 Å². The van der Waals surface area contributed by atoms with E-state index in [1.165, 1.54) is 12.1 Å². The minimum atomic E-state index is -0.501. The van der Waals surface area contributed by atoms with Gasteiger partial charge in [-0.05, 0) is 32.0 Å². The number of benzene rings is 1. The average Bonchev–Trinajstić information content (AvgIpc) is 2.61. The highest BCUT2D eigenvalue weighted by atomic mass is 16.6. The number of fused-ring (bicyclic) bond motifs is 1. The van der Waals surface area contributed by atoms with E-state index in [1.807, 2.05) is 0 Å². The molecule has 1 aromatic heterocycles. The third-order valence-electron chi connectivity index (χ3n) is 4.40. The van der Waals surface area contributed by atoms with E-state index in [0.717, 1.165) is 31.8 Å². The second-order valence-electron chi connectivity index (χ2n) is 5.90. The summed E-state index contributed by atoms with van der Waals surface area (Å²) < 4.78 is 6.73. The Hall–Kier alpha value is -2.32. The van der Waals surface area contributed by atoms with Gasteiger partial charge in [-0.1, -0.05) is 0 Å². The molecule has 0 bridgehead atoms. The summed E-state index contributed by atoms with van der Waals surface area (Å²) in [6.07, 6.45) is 1.83. The zero-order valence-corrected chi connectivity index (χ0v) is 13.5. The quantitative estimate of drug-likeness (QED) is 0.656. The van der Waals surface area contributed by atoms with Crippen molar-refractivity contribution in [2.24, 2.45) is 0 Å². The summed E-state index contributed by atoms with van der Waals surface area (Å²) in [5.74, 6) is 0.954. The standard InChI is InChI=1S/C16H20N4O4/c1-24-9-8-19-15(11-4-6-17-7-5-11)18-14-3-2-12(20(22)23)10-13(14)16(19)21/h2-3,10-11,17H,4-9H2,1H3. The third kappa shape index (κ3) is 3.15. The zero-order valence-electron chi connectivity index (χ0n) is 13.5. The Morgan fingerprint density at radius 2 is 2.17 bits per heavy atom. The molecule has 0 spiro atoms. The maximum absolute atomic E-state index is 12.9. The zero-order chi connectivity index (χ0) is 17.1. The first-order valence-electron chi connectivity index (χ1n) is 8.00. The average molecular weight is 332 g/mol. The smallest absolute Gasteiger partial charge is 0.270 e. The molecule has 1 aliphatic rings. The summed E-state index contributed by atoms with van der Waals surface area (Å²) in [5, 5.41) is 14.6. The lowest BCUT2D eigenvalue weighted by Crippen LogP contribution is -2.33. The molecule has 0 amide bonds. The Morgan fingerprint density at radius 1 is 1.42 bits per heavy atom. The lowest BCUT2D eigenvalue weighted by atomic mass is 9.96. The molecule has 0 unspecified atom stereocenters. The first kappa shape index (κ1) is 16.5. The number of aromatic nitrogens is 2. The molecule has 0 saturated carbocycles. The highest BCUT2D eigenvalue weighted by Crippen LogP contribution is 2.25. The van der Waals surface area contributed by atoms with E-state index in [4.69, 9.17) is 4.74 Å². The van der Waals surface area contributed by atoms with Crippen LogP contribution in [0.15, 0.2) is 23.0 Å². The summed E-state index contributed by atoms with van der Waals surface area (Å²) in [7, 11) is 1.58. The van der Waals surface area contributed by atoms with Gasteiger partial charge in [0.1, 0.15) is 5.82 Å². The summed E-state index contributed by atoms with van der Waals surface area (Å²) in [6.45, 7) is 2.56. The highest BCUT2D eigenvalue weighted by molar-refractivity contribution is 5.80. The lowest BCUT2D eigenvalue weighted by molar-refractivity contribution is -0.384. The van der Waals surface area contributed by atoms with Crippen molar-refractivity contribution in [3.63, 3.8) is 0 Å². The maximum Gasteiger partial charge on any atom is 0.270 e. The molecule has 24 heavy (non-hydrogen) atoms. The van der Waals surface area contributed by atoms with Gasteiger partial charge in [-0.25, -0.2) is 4.98 Å². The number of nitrogens with zero attached hydrogens (tertiary/aromatic N) is 3. The maximum atomic E-state index is 12.9. The first-order valence-corrected chi connectivity index (χ1v) is 8.00. The van der Waals surface area contributed by atoms with Gasteiger partial charge >= 0.3 is 0 Å². The number of nitro benzene ring substituents is 1. The molecule has 3 rings (SSSR count). The monoisotopic (exact) mass is 332 g/mol. The van der Waals surface area contributed by atoms with Crippen LogP contribution in [0.1, 0.15) is 24.6 Å². The highest BCUT2D eigenvalue weighted by Gasteiger charge is 2.22. The Bertz CT molecular complexity index is 812. The summed E-state index contributed by atoms with van der Waals surface area (Å²) in [5.41, 5.74) is 0.163. The minimum Gasteiger partial charge on any atom is -0.383 e. The van der Waals surface area contributed by atoms with Crippen molar-refractivity contribution in [2.75, 3.05) is 26.8 Å². The molecule has 1 N–H and O–H groups in total. The molecule has 128 valence electrons. The number of rotatable bonds is 5. The number of nitro groups is 1. The second kappa shape index (κ2) is 7.06. The Balaban J connectivity index is 2.16. The molecule has 8 heteroatoms. The van der Waals surface area contributed by atoms with Crippen LogP contribution in [0.2, 0.25) is 0 Å². The number of non-ortho nitro benzene ring substituents is 1. The van der Waals surface area contributed by atoms with E-state index in [0.29, 0.717) is 18.7 Å². The molecule has 8 nitrogen and oxygen atoms in total. The van der Waals surface area contributed by atoms with Gasteiger partial charge in [-0.15, -0.1) is 0 Å². The van der Waals surface area contributed by atoms with Crippen LogP contribution >= 0.6 is 0 Å². The Kier molecular flexibility index (Phi) is 4.86. The van der Waals surface area contributed by atoms with Crippen LogP contribution in [-0.2, 0) is 11.3 Å². The van der Waals surface area contributed by atoms with Crippen LogP contribution in [0, 0.1) is 10.1 Å². The number of methoxy groups -OCH3 is 1.